The van der Waals surface area contributed by atoms with Crippen LogP contribution in [-0.4, -0.2) is 30.6 Å². The molecular formula is C16H24BrNO2. The summed E-state index contributed by atoms with van der Waals surface area (Å²) < 4.78 is 6.19. The average molecular weight is 342 g/mol. The van der Waals surface area contributed by atoms with Crippen molar-refractivity contribution in [2.45, 2.75) is 40.2 Å². The zero-order chi connectivity index (χ0) is 15.1. The normalized spacial score (nSPS) is 12.5. The van der Waals surface area contributed by atoms with E-state index in [1.807, 2.05) is 6.92 Å². The Bertz CT molecular complexity index is 444. The van der Waals surface area contributed by atoms with Crippen LogP contribution in [-0.2, 0) is 9.53 Å². The third-order valence-electron chi connectivity index (χ3n) is 3.50. The van der Waals surface area contributed by atoms with E-state index in [0.717, 1.165) is 23.1 Å². The lowest BCUT2D eigenvalue weighted by atomic mass is 10.0. The van der Waals surface area contributed by atoms with Crippen molar-refractivity contribution in [1.82, 2.24) is 4.90 Å². The highest BCUT2D eigenvalue weighted by molar-refractivity contribution is 9.10. The molecule has 0 heterocycles. The van der Waals surface area contributed by atoms with Crippen molar-refractivity contribution < 1.29 is 9.53 Å². The van der Waals surface area contributed by atoms with Crippen LogP contribution in [0, 0.1) is 6.92 Å². The van der Waals surface area contributed by atoms with Gasteiger partial charge < -0.3 is 4.74 Å². The Morgan fingerprint density at radius 2 is 1.95 bits per heavy atom. The number of rotatable bonds is 7. The second kappa shape index (κ2) is 8.42. The van der Waals surface area contributed by atoms with Gasteiger partial charge in [0.05, 0.1) is 13.0 Å². The summed E-state index contributed by atoms with van der Waals surface area (Å²) in [6.45, 7) is 10.4. The molecule has 0 N–H and O–H groups in total. The highest BCUT2D eigenvalue weighted by atomic mass is 79.9. The van der Waals surface area contributed by atoms with Crippen LogP contribution in [0.1, 0.15) is 44.4 Å². The van der Waals surface area contributed by atoms with Gasteiger partial charge in [0.15, 0.2) is 0 Å². The molecule has 0 saturated heterocycles. The molecule has 0 aliphatic heterocycles. The molecule has 20 heavy (non-hydrogen) atoms. The molecule has 0 spiro atoms. The van der Waals surface area contributed by atoms with Gasteiger partial charge in [-0.15, -0.1) is 0 Å². The Hall–Kier alpha value is -0.870. The summed E-state index contributed by atoms with van der Waals surface area (Å²) >= 11 is 3.57. The van der Waals surface area contributed by atoms with E-state index >= 15 is 0 Å². The fourth-order valence-corrected chi connectivity index (χ4v) is 2.71. The number of halogens is 1. The van der Waals surface area contributed by atoms with E-state index in [-0.39, 0.29) is 12.0 Å². The second-order valence-corrected chi connectivity index (χ2v) is 5.61. The molecule has 112 valence electrons. The van der Waals surface area contributed by atoms with Crippen molar-refractivity contribution >= 4 is 21.9 Å². The summed E-state index contributed by atoms with van der Waals surface area (Å²) in [5, 5.41) is 0. The number of carbonyl (C=O) groups excluding carboxylic acids is 1. The van der Waals surface area contributed by atoms with Crippen molar-refractivity contribution in [2.75, 3.05) is 19.7 Å². The molecule has 0 aromatic heterocycles. The molecule has 1 aromatic carbocycles. The maximum absolute atomic E-state index is 11.9. The van der Waals surface area contributed by atoms with Crippen LogP contribution in [0.3, 0.4) is 0 Å². The fourth-order valence-electron chi connectivity index (χ4n) is 2.32. The largest absolute Gasteiger partial charge is 0.466 e. The smallest absolute Gasteiger partial charge is 0.307 e. The first-order valence-electron chi connectivity index (χ1n) is 7.19. The summed E-state index contributed by atoms with van der Waals surface area (Å²) in [7, 11) is 0. The molecular weight excluding hydrogens is 318 g/mol. The number of hydrogen-bond acceptors (Lipinski definition) is 3. The van der Waals surface area contributed by atoms with Gasteiger partial charge in [0.1, 0.15) is 0 Å². The van der Waals surface area contributed by atoms with Crippen molar-refractivity contribution in [3.8, 4) is 0 Å². The van der Waals surface area contributed by atoms with Gasteiger partial charge in [0.2, 0.25) is 0 Å². The zero-order valence-corrected chi connectivity index (χ0v) is 14.4. The lowest BCUT2D eigenvalue weighted by Gasteiger charge is -2.29. The number of ether oxygens (including phenoxy) is 1. The van der Waals surface area contributed by atoms with Crippen molar-refractivity contribution in [3.05, 3.63) is 33.8 Å². The molecule has 0 radical (unpaired) electrons. The SMILES string of the molecule is CCOC(=O)CC(c1ccc(C)c(Br)c1)N(CC)CC. The van der Waals surface area contributed by atoms with E-state index < -0.39 is 0 Å². The van der Waals surface area contributed by atoms with Crippen LogP contribution in [0.5, 0.6) is 0 Å². The molecule has 0 amide bonds. The second-order valence-electron chi connectivity index (χ2n) is 4.75. The topological polar surface area (TPSA) is 29.5 Å². The van der Waals surface area contributed by atoms with E-state index in [1.165, 1.54) is 5.56 Å². The van der Waals surface area contributed by atoms with E-state index in [4.69, 9.17) is 4.74 Å². The maximum Gasteiger partial charge on any atom is 0.307 e. The Morgan fingerprint density at radius 1 is 1.30 bits per heavy atom. The molecule has 0 aliphatic carbocycles. The summed E-state index contributed by atoms with van der Waals surface area (Å²) in [5.41, 5.74) is 2.35. The van der Waals surface area contributed by atoms with Crippen LogP contribution >= 0.6 is 15.9 Å². The van der Waals surface area contributed by atoms with Crippen LogP contribution in [0.15, 0.2) is 22.7 Å². The Labute approximate surface area is 130 Å². The molecule has 0 fully saturated rings. The molecule has 3 nitrogen and oxygen atoms in total. The van der Waals surface area contributed by atoms with Crippen molar-refractivity contribution in [2.24, 2.45) is 0 Å². The summed E-state index contributed by atoms with van der Waals surface area (Å²) in [5.74, 6) is -0.138. The molecule has 1 unspecified atom stereocenters. The lowest BCUT2D eigenvalue weighted by molar-refractivity contribution is -0.144. The van der Waals surface area contributed by atoms with Gasteiger partial charge in [-0.2, -0.15) is 0 Å². The first-order chi connectivity index (χ1) is 9.53. The maximum atomic E-state index is 11.9. The number of hydrogen-bond donors (Lipinski definition) is 0. The molecule has 0 bridgehead atoms. The molecule has 1 aromatic rings. The quantitative estimate of drug-likeness (QED) is 0.699. The number of esters is 1. The Morgan fingerprint density at radius 3 is 2.45 bits per heavy atom. The number of carbonyl (C=O) groups is 1. The number of nitrogens with zero attached hydrogens (tertiary/aromatic N) is 1. The van der Waals surface area contributed by atoms with Gasteiger partial charge in [0, 0.05) is 10.5 Å². The van der Waals surface area contributed by atoms with Gasteiger partial charge in [-0.25, -0.2) is 0 Å². The predicted molar refractivity (Wildman–Crippen MR) is 85.8 cm³/mol. The van der Waals surface area contributed by atoms with Crippen molar-refractivity contribution in [3.63, 3.8) is 0 Å². The Kier molecular flexibility index (Phi) is 7.24. The number of benzene rings is 1. The standard InChI is InChI=1S/C16H24BrNO2/c1-5-18(6-2)15(11-16(19)20-7-3)13-9-8-12(4)14(17)10-13/h8-10,15H,5-7,11H2,1-4H3. The highest BCUT2D eigenvalue weighted by Crippen LogP contribution is 2.28. The minimum atomic E-state index is -0.138. The third kappa shape index (κ3) is 4.60. The van der Waals surface area contributed by atoms with E-state index in [0.29, 0.717) is 13.0 Å². The van der Waals surface area contributed by atoms with E-state index in [2.05, 4.69) is 59.8 Å². The Balaban J connectivity index is 3.02. The molecule has 0 saturated carbocycles. The highest BCUT2D eigenvalue weighted by Gasteiger charge is 2.22. The van der Waals surface area contributed by atoms with Gasteiger partial charge >= 0.3 is 5.97 Å². The first kappa shape index (κ1) is 17.2. The molecule has 1 atom stereocenters. The fraction of sp³-hybridized carbons (Fsp3) is 0.562. The molecule has 4 heteroatoms. The lowest BCUT2D eigenvalue weighted by Crippen LogP contribution is -2.30. The van der Waals surface area contributed by atoms with Crippen LogP contribution in [0.4, 0.5) is 0 Å². The minimum Gasteiger partial charge on any atom is -0.466 e. The summed E-state index contributed by atoms with van der Waals surface area (Å²) in [6, 6.07) is 6.36. The van der Waals surface area contributed by atoms with Gasteiger partial charge in [-0.1, -0.05) is 41.9 Å². The summed E-state index contributed by atoms with van der Waals surface area (Å²) in [4.78, 5) is 14.1. The van der Waals surface area contributed by atoms with Crippen molar-refractivity contribution in [1.29, 1.82) is 0 Å². The van der Waals surface area contributed by atoms with Gasteiger partial charge in [-0.3, -0.25) is 9.69 Å². The minimum absolute atomic E-state index is 0.0703. The summed E-state index contributed by atoms with van der Waals surface area (Å²) in [6.07, 6.45) is 0.394. The molecule has 0 aliphatic rings. The zero-order valence-electron chi connectivity index (χ0n) is 12.8. The van der Waals surface area contributed by atoms with Crippen LogP contribution < -0.4 is 0 Å². The first-order valence-corrected chi connectivity index (χ1v) is 7.98. The average Bonchev–Trinajstić information content (AvgIpc) is 2.42. The third-order valence-corrected chi connectivity index (χ3v) is 4.35. The van der Waals surface area contributed by atoms with Gasteiger partial charge in [0.25, 0.3) is 0 Å². The van der Waals surface area contributed by atoms with Crippen LogP contribution in [0.25, 0.3) is 0 Å². The van der Waals surface area contributed by atoms with E-state index in [9.17, 15) is 4.79 Å². The van der Waals surface area contributed by atoms with Gasteiger partial charge in [-0.05, 0) is 44.1 Å². The predicted octanol–water partition coefficient (Wildman–Crippen LogP) is 4.09. The van der Waals surface area contributed by atoms with E-state index in [1.54, 1.807) is 0 Å². The number of aryl methyl sites for hydroxylation is 1. The monoisotopic (exact) mass is 341 g/mol. The van der Waals surface area contributed by atoms with Crippen LogP contribution in [0.2, 0.25) is 0 Å². The molecule has 1 rings (SSSR count).